The van der Waals surface area contributed by atoms with Crippen LogP contribution in [0, 0.1) is 11.8 Å². The number of furan rings is 1. The Bertz CT molecular complexity index is 492. The number of nitrogens with zero attached hydrogens (tertiary/aromatic N) is 1. The number of carbonyl (C=O) groups excluding carboxylic acids is 1. The van der Waals surface area contributed by atoms with Crippen molar-refractivity contribution in [3.63, 3.8) is 0 Å². The number of fused-ring (bicyclic) bond motifs is 1. The molecule has 1 aromatic rings. The van der Waals surface area contributed by atoms with Gasteiger partial charge >= 0.3 is 0 Å². The average molecular weight is 262 g/mol. The van der Waals surface area contributed by atoms with Gasteiger partial charge in [0.2, 0.25) is 0 Å². The number of nitrogens with one attached hydrogen (secondary N) is 1. The van der Waals surface area contributed by atoms with Crippen LogP contribution in [0.2, 0.25) is 0 Å². The summed E-state index contributed by atoms with van der Waals surface area (Å²) in [4.78, 5) is 14.8. The van der Waals surface area contributed by atoms with E-state index in [1.165, 1.54) is 0 Å². The van der Waals surface area contributed by atoms with E-state index in [-0.39, 0.29) is 11.4 Å². The van der Waals surface area contributed by atoms with Crippen LogP contribution in [0.25, 0.3) is 0 Å². The van der Waals surface area contributed by atoms with Crippen molar-refractivity contribution in [2.45, 2.75) is 32.7 Å². The van der Waals surface area contributed by atoms with Gasteiger partial charge in [-0.1, -0.05) is 6.92 Å². The average Bonchev–Trinajstić information content (AvgIpc) is 3.06. The minimum atomic E-state index is -0.0759. The Labute approximate surface area is 114 Å². The van der Waals surface area contributed by atoms with Gasteiger partial charge in [0, 0.05) is 31.6 Å². The fourth-order valence-electron chi connectivity index (χ4n) is 3.72. The van der Waals surface area contributed by atoms with E-state index in [9.17, 15) is 4.79 Å². The summed E-state index contributed by atoms with van der Waals surface area (Å²) in [5, 5.41) is 3.44. The predicted molar refractivity (Wildman–Crippen MR) is 73.1 cm³/mol. The highest BCUT2D eigenvalue weighted by molar-refractivity contribution is 5.96. The Morgan fingerprint density at radius 3 is 3.00 bits per heavy atom. The Morgan fingerprint density at radius 1 is 1.53 bits per heavy atom. The van der Waals surface area contributed by atoms with Crippen LogP contribution in [0.1, 0.15) is 36.9 Å². The molecule has 2 saturated heterocycles. The lowest BCUT2D eigenvalue weighted by Gasteiger charge is -2.35. The fourth-order valence-corrected chi connectivity index (χ4v) is 3.72. The molecule has 2 fully saturated rings. The summed E-state index contributed by atoms with van der Waals surface area (Å²) in [7, 11) is 0. The van der Waals surface area contributed by atoms with Crippen molar-refractivity contribution in [1.29, 1.82) is 0 Å². The molecule has 2 atom stereocenters. The zero-order valence-electron chi connectivity index (χ0n) is 11.9. The molecular weight excluding hydrogens is 240 g/mol. The maximum Gasteiger partial charge on any atom is 0.257 e. The summed E-state index contributed by atoms with van der Waals surface area (Å²) < 4.78 is 5.40. The molecule has 19 heavy (non-hydrogen) atoms. The van der Waals surface area contributed by atoms with Crippen LogP contribution in [-0.4, -0.2) is 36.0 Å². The zero-order chi connectivity index (χ0) is 13.6. The monoisotopic (exact) mass is 262 g/mol. The molecule has 0 bridgehead atoms. The molecule has 1 amide bonds. The van der Waals surface area contributed by atoms with Crippen LogP contribution < -0.4 is 5.32 Å². The SMILES string of the molecule is CCc1occc1C(=O)N1CC2CNCC2C1(C)C. The first-order valence-corrected chi connectivity index (χ1v) is 7.14. The summed E-state index contributed by atoms with van der Waals surface area (Å²) in [6, 6.07) is 1.81. The summed E-state index contributed by atoms with van der Waals surface area (Å²) in [6.07, 6.45) is 2.38. The van der Waals surface area contributed by atoms with Crippen molar-refractivity contribution >= 4 is 5.91 Å². The molecule has 0 aromatic carbocycles. The lowest BCUT2D eigenvalue weighted by molar-refractivity contribution is 0.0601. The topological polar surface area (TPSA) is 45.5 Å². The smallest absolute Gasteiger partial charge is 0.257 e. The summed E-state index contributed by atoms with van der Waals surface area (Å²) in [5.41, 5.74) is 0.663. The second-order valence-electron chi connectivity index (χ2n) is 6.21. The first-order chi connectivity index (χ1) is 9.05. The molecule has 1 aromatic heterocycles. The first-order valence-electron chi connectivity index (χ1n) is 7.14. The van der Waals surface area contributed by atoms with E-state index >= 15 is 0 Å². The third-order valence-corrected chi connectivity index (χ3v) is 4.90. The van der Waals surface area contributed by atoms with Crippen LogP contribution in [-0.2, 0) is 6.42 Å². The van der Waals surface area contributed by atoms with E-state index in [2.05, 4.69) is 19.2 Å². The normalized spacial score (nSPS) is 28.7. The molecule has 0 spiro atoms. The predicted octanol–water partition coefficient (Wildman–Crippen LogP) is 1.91. The highest BCUT2D eigenvalue weighted by Gasteiger charge is 2.51. The number of hydrogen-bond acceptors (Lipinski definition) is 3. The largest absolute Gasteiger partial charge is 0.469 e. The van der Waals surface area contributed by atoms with Gasteiger partial charge in [-0.25, -0.2) is 0 Å². The van der Waals surface area contributed by atoms with Crippen molar-refractivity contribution in [1.82, 2.24) is 10.2 Å². The molecule has 3 rings (SSSR count). The summed E-state index contributed by atoms with van der Waals surface area (Å²) in [6.45, 7) is 9.31. The Balaban J connectivity index is 1.89. The number of likely N-dealkylation sites (tertiary alicyclic amines) is 1. The second kappa shape index (κ2) is 4.37. The number of aryl methyl sites for hydroxylation is 1. The van der Waals surface area contributed by atoms with Crippen LogP contribution >= 0.6 is 0 Å². The van der Waals surface area contributed by atoms with E-state index in [1.54, 1.807) is 6.26 Å². The lowest BCUT2D eigenvalue weighted by Crippen LogP contribution is -2.47. The fraction of sp³-hybridized carbons (Fsp3) is 0.667. The molecule has 2 aliphatic heterocycles. The molecule has 1 N–H and O–H groups in total. The van der Waals surface area contributed by atoms with E-state index in [0.29, 0.717) is 11.8 Å². The van der Waals surface area contributed by atoms with E-state index in [0.717, 1.165) is 37.4 Å². The molecule has 2 aliphatic rings. The molecule has 0 saturated carbocycles. The van der Waals surface area contributed by atoms with Crippen molar-refractivity contribution < 1.29 is 9.21 Å². The number of carbonyl (C=O) groups is 1. The van der Waals surface area contributed by atoms with E-state index in [4.69, 9.17) is 4.42 Å². The van der Waals surface area contributed by atoms with Crippen molar-refractivity contribution in [3.05, 3.63) is 23.7 Å². The Kier molecular flexibility index (Phi) is 2.93. The number of rotatable bonds is 2. The quantitative estimate of drug-likeness (QED) is 0.885. The molecule has 4 heteroatoms. The van der Waals surface area contributed by atoms with Gasteiger partial charge in [-0.3, -0.25) is 4.79 Å². The molecule has 104 valence electrons. The summed E-state index contributed by atoms with van der Waals surface area (Å²) >= 11 is 0. The number of amides is 1. The van der Waals surface area contributed by atoms with Gasteiger partial charge in [-0.2, -0.15) is 0 Å². The first kappa shape index (κ1) is 12.7. The third-order valence-electron chi connectivity index (χ3n) is 4.90. The Hall–Kier alpha value is -1.29. The van der Waals surface area contributed by atoms with Crippen LogP contribution in [0.15, 0.2) is 16.7 Å². The Morgan fingerprint density at radius 2 is 2.32 bits per heavy atom. The van der Waals surface area contributed by atoms with Crippen LogP contribution in [0.4, 0.5) is 0 Å². The highest BCUT2D eigenvalue weighted by atomic mass is 16.3. The van der Waals surface area contributed by atoms with Gasteiger partial charge in [-0.15, -0.1) is 0 Å². The molecule has 3 heterocycles. The highest BCUT2D eigenvalue weighted by Crippen LogP contribution is 2.41. The van der Waals surface area contributed by atoms with E-state index < -0.39 is 0 Å². The van der Waals surface area contributed by atoms with Gasteiger partial charge < -0.3 is 14.6 Å². The molecular formula is C15H22N2O2. The molecule has 2 unspecified atom stereocenters. The molecule has 0 radical (unpaired) electrons. The van der Waals surface area contributed by atoms with Crippen molar-refractivity contribution in [2.75, 3.05) is 19.6 Å². The minimum Gasteiger partial charge on any atom is -0.469 e. The minimum absolute atomic E-state index is 0.0759. The van der Waals surface area contributed by atoms with Crippen LogP contribution in [0.5, 0.6) is 0 Å². The maximum atomic E-state index is 12.8. The van der Waals surface area contributed by atoms with Gasteiger partial charge in [0.1, 0.15) is 5.76 Å². The molecule has 4 nitrogen and oxygen atoms in total. The number of hydrogen-bond donors (Lipinski definition) is 1. The summed E-state index contributed by atoms with van der Waals surface area (Å²) in [5.74, 6) is 2.09. The van der Waals surface area contributed by atoms with Crippen molar-refractivity contribution in [2.24, 2.45) is 11.8 Å². The zero-order valence-corrected chi connectivity index (χ0v) is 11.9. The van der Waals surface area contributed by atoms with E-state index in [1.807, 2.05) is 17.9 Å². The van der Waals surface area contributed by atoms with Gasteiger partial charge in [0.15, 0.2) is 0 Å². The van der Waals surface area contributed by atoms with Crippen molar-refractivity contribution in [3.8, 4) is 0 Å². The van der Waals surface area contributed by atoms with Gasteiger partial charge in [0.25, 0.3) is 5.91 Å². The molecule has 0 aliphatic carbocycles. The van der Waals surface area contributed by atoms with Crippen LogP contribution in [0.3, 0.4) is 0 Å². The standard InChI is InChI=1S/C15H22N2O2/c1-4-13-11(5-6-19-13)14(18)17-9-10-7-16-8-12(10)15(17,2)3/h5-6,10,12,16H,4,7-9H2,1-3H3. The lowest BCUT2D eigenvalue weighted by atomic mass is 9.84. The second-order valence-corrected chi connectivity index (χ2v) is 6.21. The van der Waals surface area contributed by atoms with Gasteiger partial charge in [0.05, 0.1) is 11.8 Å². The van der Waals surface area contributed by atoms with Gasteiger partial charge in [-0.05, 0) is 31.7 Å². The third kappa shape index (κ3) is 1.81. The maximum absolute atomic E-state index is 12.8.